The van der Waals surface area contributed by atoms with Gasteiger partial charge in [-0.25, -0.2) is 4.98 Å². The van der Waals surface area contributed by atoms with Crippen LogP contribution in [0.3, 0.4) is 0 Å². The molecule has 0 fully saturated rings. The molecule has 0 bridgehead atoms. The van der Waals surface area contributed by atoms with E-state index in [1.165, 1.54) is 16.9 Å². The number of benzene rings is 1. The fourth-order valence-electron chi connectivity index (χ4n) is 1.76. The predicted molar refractivity (Wildman–Crippen MR) is 72.8 cm³/mol. The standard InChI is InChI=1S/C14H14N2OS/c1-3-10-4-5-13(17-2)11(8-10)12-9-18-14(16-12)6-7-15/h4-5,8-9H,3,6H2,1-2H3. The molecule has 4 heteroatoms. The number of nitrogens with zero attached hydrogens (tertiary/aromatic N) is 2. The highest BCUT2D eigenvalue weighted by Crippen LogP contribution is 2.31. The van der Waals surface area contributed by atoms with Crippen LogP contribution < -0.4 is 4.74 Å². The van der Waals surface area contributed by atoms with E-state index in [0.717, 1.165) is 28.4 Å². The molecule has 0 unspecified atom stereocenters. The van der Waals surface area contributed by atoms with E-state index in [0.29, 0.717) is 6.42 Å². The quantitative estimate of drug-likeness (QED) is 0.843. The second kappa shape index (κ2) is 5.65. The van der Waals surface area contributed by atoms with Gasteiger partial charge in [0.2, 0.25) is 0 Å². The fraction of sp³-hybridized carbons (Fsp3) is 0.286. The van der Waals surface area contributed by atoms with Crippen molar-refractivity contribution in [1.29, 1.82) is 5.26 Å². The molecule has 92 valence electrons. The Hall–Kier alpha value is -1.86. The third-order valence-electron chi connectivity index (χ3n) is 2.73. The Bertz CT molecular complexity index is 584. The number of nitriles is 1. The summed E-state index contributed by atoms with van der Waals surface area (Å²) in [5.41, 5.74) is 3.13. The Balaban J connectivity index is 2.44. The molecule has 0 spiro atoms. The van der Waals surface area contributed by atoms with Crippen LogP contribution in [0.15, 0.2) is 23.6 Å². The molecular formula is C14H14N2OS. The summed E-state index contributed by atoms with van der Waals surface area (Å²) in [4.78, 5) is 4.47. The molecule has 2 rings (SSSR count). The average molecular weight is 258 g/mol. The second-order valence-electron chi connectivity index (χ2n) is 3.85. The first-order valence-electron chi connectivity index (χ1n) is 5.77. The number of aryl methyl sites for hydroxylation is 1. The summed E-state index contributed by atoms with van der Waals surface area (Å²) in [6.45, 7) is 2.12. The molecular weight excluding hydrogens is 244 g/mol. The van der Waals surface area contributed by atoms with E-state index >= 15 is 0 Å². The molecule has 0 saturated heterocycles. The topological polar surface area (TPSA) is 45.9 Å². The summed E-state index contributed by atoms with van der Waals surface area (Å²) in [6, 6.07) is 8.25. The monoisotopic (exact) mass is 258 g/mol. The molecule has 1 aromatic carbocycles. The highest BCUT2D eigenvalue weighted by molar-refractivity contribution is 7.10. The first-order valence-corrected chi connectivity index (χ1v) is 6.65. The summed E-state index contributed by atoms with van der Waals surface area (Å²) in [7, 11) is 1.66. The predicted octanol–water partition coefficient (Wildman–Crippen LogP) is 3.45. The van der Waals surface area contributed by atoms with Crippen LogP contribution in [-0.2, 0) is 12.8 Å². The van der Waals surface area contributed by atoms with E-state index in [1.807, 2.05) is 11.4 Å². The number of hydrogen-bond acceptors (Lipinski definition) is 4. The molecule has 0 aliphatic carbocycles. The molecule has 1 heterocycles. The summed E-state index contributed by atoms with van der Waals surface area (Å²) in [5.74, 6) is 0.820. The van der Waals surface area contributed by atoms with Gasteiger partial charge >= 0.3 is 0 Å². The van der Waals surface area contributed by atoms with Crippen LogP contribution in [0.4, 0.5) is 0 Å². The molecule has 3 nitrogen and oxygen atoms in total. The lowest BCUT2D eigenvalue weighted by atomic mass is 10.1. The minimum Gasteiger partial charge on any atom is -0.496 e. The highest BCUT2D eigenvalue weighted by atomic mass is 32.1. The summed E-state index contributed by atoms with van der Waals surface area (Å²) < 4.78 is 5.37. The molecule has 0 N–H and O–H groups in total. The first kappa shape index (κ1) is 12.6. The average Bonchev–Trinajstić information content (AvgIpc) is 2.87. The van der Waals surface area contributed by atoms with E-state index in [1.54, 1.807) is 7.11 Å². The molecule has 0 saturated carbocycles. The third-order valence-corrected chi connectivity index (χ3v) is 3.58. The van der Waals surface area contributed by atoms with Gasteiger partial charge in [-0.1, -0.05) is 13.0 Å². The van der Waals surface area contributed by atoms with Gasteiger partial charge in [0.05, 0.1) is 25.3 Å². The summed E-state index contributed by atoms with van der Waals surface area (Å²) in [6.07, 6.45) is 1.34. The van der Waals surface area contributed by atoms with Crippen molar-refractivity contribution in [2.24, 2.45) is 0 Å². The number of aromatic nitrogens is 1. The Labute approximate surface area is 111 Å². The number of thiazole rings is 1. The normalized spacial score (nSPS) is 10.1. The van der Waals surface area contributed by atoms with E-state index in [-0.39, 0.29) is 0 Å². The summed E-state index contributed by atoms with van der Waals surface area (Å²) in [5, 5.41) is 11.5. The van der Waals surface area contributed by atoms with Crippen molar-refractivity contribution in [3.8, 4) is 23.1 Å². The maximum atomic E-state index is 8.67. The fourth-order valence-corrected chi connectivity index (χ4v) is 2.48. The Morgan fingerprint density at radius 1 is 1.44 bits per heavy atom. The Morgan fingerprint density at radius 2 is 2.28 bits per heavy atom. The number of ether oxygens (including phenoxy) is 1. The van der Waals surface area contributed by atoms with E-state index < -0.39 is 0 Å². The zero-order chi connectivity index (χ0) is 13.0. The van der Waals surface area contributed by atoms with Crippen molar-refractivity contribution in [2.45, 2.75) is 19.8 Å². The molecule has 0 amide bonds. The van der Waals surface area contributed by atoms with Gasteiger partial charge < -0.3 is 4.74 Å². The van der Waals surface area contributed by atoms with Gasteiger partial charge in [0, 0.05) is 10.9 Å². The smallest absolute Gasteiger partial charge is 0.128 e. The first-order chi connectivity index (χ1) is 8.78. The second-order valence-corrected chi connectivity index (χ2v) is 4.79. The largest absolute Gasteiger partial charge is 0.496 e. The van der Waals surface area contributed by atoms with Crippen LogP contribution >= 0.6 is 11.3 Å². The van der Waals surface area contributed by atoms with Gasteiger partial charge in [0.1, 0.15) is 10.8 Å². The van der Waals surface area contributed by atoms with Crippen molar-refractivity contribution in [3.05, 3.63) is 34.2 Å². The Morgan fingerprint density at radius 3 is 2.94 bits per heavy atom. The van der Waals surface area contributed by atoms with E-state index in [4.69, 9.17) is 10.00 Å². The Kier molecular flexibility index (Phi) is 3.96. The lowest BCUT2D eigenvalue weighted by molar-refractivity contribution is 0.416. The molecule has 1 aromatic heterocycles. The van der Waals surface area contributed by atoms with Crippen LogP contribution in [0.2, 0.25) is 0 Å². The molecule has 18 heavy (non-hydrogen) atoms. The molecule has 2 aromatic rings. The zero-order valence-electron chi connectivity index (χ0n) is 10.4. The molecule has 0 radical (unpaired) electrons. The maximum Gasteiger partial charge on any atom is 0.128 e. The van der Waals surface area contributed by atoms with Crippen LogP contribution in [0.5, 0.6) is 5.75 Å². The van der Waals surface area contributed by atoms with Crippen LogP contribution in [0, 0.1) is 11.3 Å². The number of hydrogen-bond donors (Lipinski definition) is 0. The van der Waals surface area contributed by atoms with E-state index in [9.17, 15) is 0 Å². The molecule has 0 aliphatic heterocycles. The van der Waals surface area contributed by atoms with Crippen LogP contribution in [0.25, 0.3) is 11.3 Å². The van der Waals surface area contributed by atoms with Gasteiger partial charge in [-0.15, -0.1) is 11.3 Å². The van der Waals surface area contributed by atoms with Crippen molar-refractivity contribution < 1.29 is 4.74 Å². The SMILES string of the molecule is CCc1ccc(OC)c(-c2csc(CC#N)n2)c1. The zero-order valence-corrected chi connectivity index (χ0v) is 11.3. The van der Waals surface area contributed by atoms with Gasteiger partial charge in [-0.05, 0) is 24.1 Å². The van der Waals surface area contributed by atoms with Gasteiger partial charge in [-0.2, -0.15) is 5.26 Å². The van der Waals surface area contributed by atoms with Crippen molar-refractivity contribution in [1.82, 2.24) is 4.98 Å². The van der Waals surface area contributed by atoms with Crippen LogP contribution in [-0.4, -0.2) is 12.1 Å². The van der Waals surface area contributed by atoms with Crippen molar-refractivity contribution in [3.63, 3.8) is 0 Å². The molecule has 0 aliphatic rings. The van der Waals surface area contributed by atoms with Crippen LogP contribution in [0.1, 0.15) is 17.5 Å². The summed E-state index contributed by atoms with van der Waals surface area (Å²) >= 11 is 1.51. The highest BCUT2D eigenvalue weighted by Gasteiger charge is 2.10. The van der Waals surface area contributed by atoms with Gasteiger partial charge in [-0.3, -0.25) is 0 Å². The molecule has 0 atom stereocenters. The van der Waals surface area contributed by atoms with E-state index in [2.05, 4.69) is 30.1 Å². The maximum absolute atomic E-state index is 8.67. The van der Waals surface area contributed by atoms with Gasteiger partial charge in [0.15, 0.2) is 0 Å². The lowest BCUT2D eigenvalue weighted by Gasteiger charge is -2.08. The minimum atomic E-state index is 0.362. The van der Waals surface area contributed by atoms with Crippen molar-refractivity contribution in [2.75, 3.05) is 7.11 Å². The lowest BCUT2D eigenvalue weighted by Crippen LogP contribution is -1.91. The number of rotatable bonds is 4. The minimum absolute atomic E-state index is 0.362. The van der Waals surface area contributed by atoms with Crippen molar-refractivity contribution >= 4 is 11.3 Å². The third kappa shape index (κ3) is 2.52. The number of methoxy groups -OCH3 is 1. The van der Waals surface area contributed by atoms with Gasteiger partial charge in [0.25, 0.3) is 0 Å².